The monoisotopic (exact) mass is 198 g/mol. The van der Waals surface area contributed by atoms with Crippen molar-refractivity contribution in [3.8, 4) is 0 Å². The van der Waals surface area contributed by atoms with Crippen LogP contribution in [0.4, 0.5) is 4.79 Å². The van der Waals surface area contributed by atoms with Crippen LogP contribution in [-0.2, 0) is 4.79 Å². The lowest BCUT2D eigenvalue weighted by Gasteiger charge is -2.35. The van der Waals surface area contributed by atoms with Crippen LogP contribution in [0.2, 0.25) is 0 Å². The third-order valence-electron chi connectivity index (χ3n) is 2.52. The van der Waals surface area contributed by atoms with Gasteiger partial charge in [0.2, 0.25) is 5.91 Å². The fraction of sp³-hybridized carbons (Fsp3) is 0.750. The third-order valence-corrected chi connectivity index (χ3v) is 2.52. The van der Waals surface area contributed by atoms with E-state index in [1.165, 1.54) is 0 Å². The minimum Gasteiger partial charge on any atom is -0.307 e. The molecule has 2 saturated heterocycles. The van der Waals surface area contributed by atoms with E-state index in [-0.39, 0.29) is 24.1 Å². The van der Waals surface area contributed by atoms with Gasteiger partial charge in [0, 0.05) is 13.2 Å². The molecule has 2 heterocycles. The van der Waals surface area contributed by atoms with E-state index in [1.807, 2.05) is 6.92 Å². The Kier molecular flexibility index (Phi) is 2.39. The summed E-state index contributed by atoms with van der Waals surface area (Å²) in [5, 5.41) is 8.42. The molecule has 3 amide bonds. The molecule has 3 N–H and O–H groups in total. The van der Waals surface area contributed by atoms with Gasteiger partial charge in [0.1, 0.15) is 12.2 Å². The second-order valence-electron chi connectivity index (χ2n) is 3.50. The molecule has 6 nitrogen and oxygen atoms in total. The normalized spacial score (nSPS) is 31.6. The molecule has 0 aromatic carbocycles. The van der Waals surface area contributed by atoms with Gasteiger partial charge in [0.15, 0.2) is 0 Å². The summed E-state index contributed by atoms with van der Waals surface area (Å²) in [6.07, 6.45) is 0.697. The maximum absolute atomic E-state index is 11.5. The molecule has 0 aliphatic carbocycles. The van der Waals surface area contributed by atoms with Gasteiger partial charge in [-0.15, -0.1) is 0 Å². The van der Waals surface area contributed by atoms with Crippen LogP contribution in [0.15, 0.2) is 0 Å². The lowest BCUT2D eigenvalue weighted by Crippen LogP contribution is -2.65. The molecule has 14 heavy (non-hydrogen) atoms. The van der Waals surface area contributed by atoms with Crippen LogP contribution in [0.5, 0.6) is 0 Å². The van der Waals surface area contributed by atoms with E-state index in [4.69, 9.17) is 0 Å². The van der Waals surface area contributed by atoms with Crippen molar-refractivity contribution in [2.75, 3.05) is 13.2 Å². The van der Waals surface area contributed by atoms with E-state index >= 15 is 0 Å². The highest BCUT2D eigenvalue weighted by molar-refractivity contribution is 6.00. The first-order chi connectivity index (χ1) is 6.74. The topological polar surface area (TPSA) is 73.5 Å². The van der Waals surface area contributed by atoms with Gasteiger partial charge in [-0.2, -0.15) is 0 Å². The summed E-state index contributed by atoms with van der Waals surface area (Å²) >= 11 is 0. The first-order valence-electron chi connectivity index (χ1n) is 4.82. The largest absolute Gasteiger partial charge is 0.325 e. The number of carbonyl (C=O) groups is 2. The van der Waals surface area contributed by atoms with Gasteiger partial charge in [0.05, 0.1) is 0 Å². The Balaban J connectivity index is 2.16. The van der Waals surface area contributed by atoms with Crippen molar-refractivity contribution in [1.82, 2.24) is 20.9 Å². The average molecular weight is 198 g/mol. The molecule has 0 saturated carbocycles. The smallest absolute Gasteiger partial charge is 0.307 e. The number of nitrogens with zero attached hydrogens (tertiary/aromatic N) is 1. The molecule has 78 valence electrons. The third kappa shape index (κ3) is 1.36. The predicted molar refractivity (Wildman–Crippen MR) is 49.3 cm³/mol. The SMILES string of the molecule is CCCN1C(=O)NC(=O)C2NCNC21. The molecule has 0 spiro atoms. The predicted octanol–water partition coefficient (Wildman–Crippen LogP) is -1.21. The summed E-state index contributed by atoms with van der Waals surface area (Å²) in [6.45, 7) is 3.23. The fourth-order valence-electron chi connectivity index (χ4n) is 1.89. The quantitative estimate of drug-likeness (QED) is 0.520. The highest BCUT2D eigenvalue weighted by Crippen LogP contribution is 2.12. The molecule has 0 aromatic heterocycles. The maximum atomic E-state index is 11.5. The standard InChI is InChI=1S/C8H14N4O2/c1-2-3-12-6-5(9-4-10-6)7(13)11-8(12)14/h5-6,9-10H,2-4H2,1H3,(H,11,13,14). The highest BCUT2D eigenvalue weighted by Gasteiger charge is 2.43. The minimum absolute atomic E-state index is 0.184. The number of rotatable bonds is 2. The average Bonchev–Trinajstić information content (AvgIpc) is 2.60. The molecule has 2 fully saturated rings. The molecule has 0 bridgehead atoms. The van der Waals surface area contributed by atoms with Crippen LogP contribution in [0, 0.1) is 0 Å². The Labute approximate surface area is 82.0 Å². The Morgan fingerprint density at radius 3 is 2.93 bits per heavy atom. The van der Waals surface area contributed by atoms with Crippen LogP contribution in [0.1, 0.15) is 13.3 Å². The Hall–Kier alpha value is -1.14. The van der Waals surface area contributed by atoms with Crippen molar-refractivity contribution in [2.24, 2.45) is 0 Å². The number of urea groups is 1. The van der Waals surface area contributed by atoms with Crippen molar-refractivity contribution in [3.63, 3.8) is 0 Å². The van der Waals surface area contributed by atoms with Crippen molar-refractivity contribution >= 4 is 11.9 Å². The number of hydrogen-bond donors (Lipinski definition) is 3. The van der Waals surface area contributed by atoms with Crippen LogP contribution in [-0.4, -0.2) is 42.3 Å². The number of amides is 3. The molecule has 2 unspecified atom stereocenters. The lowest BCUT2D eigenvalue weighted by atomic mass is 10.1. The van der Waals surface area contributed by atoms with Gasteiger partial charge >= 0.3 is 6.03 Å². The zero-order valence-corrected chi connectivity index (χ0v) is 8.04. The second-order valence-corrected chi connectivity index (χ2v) is 3.50. The van der Waals surface area contributed by atoms with Gasteiger partial charge in [-0.3, -0.25) is 20.7 Å². The number of nitrogens with one attached hydrogen (secondary N) is 3. The first-order valence-corrected chi connectivity index (χ1v) is 4.82. The van der Waals surface area contributed by atoms with E-state index < -0.39 is 0 Å². The molecule has 2 atom stereocenters. The van der Waals surface area contributed by atoms with Crippen LogP contribution < -0.4 is 16.0 Å². The van der Waals surface area contributed by atoms with E-state index in [1.54, 1.807) is 4.90 Å². The van der Waals surface area contributed by atoms with Gasteiger partial charge in [-0.1, -0.05) is 6.92 Å². The molecular formula is C8H14N4O2. The molecule has 6 heteroatoms. The molecule has 2 aliphatic rings. The summed E-state index contributed by atoms with van der Waals surface area (Å²) in [6, 6.07) is -0.603. The van der Waals surface area contributed by atoms with E-state index in [0.717, 1.165) is 6.42 Å². The van der Waals surface area contributed by atoms with Gasteiger partial charge in [-0.25, -0.2) is 4.79 Å². The minimum atomic E-state index is -0.306. The van der Waals surface area contributed by atoms with E-state index in [2.05, 4.69) is 16.0 Å². The number of hydrogen-bond acceptors (Lipinski definition) is 4. The highest BCUT2D eigenvalue weighted by atomic mass is 16.2. The summed E-state index contributed by atoms with van der Waals surface area (Å²) in [7, 11) is 0. The Bertz CT molecular complexity index is 268. The molecule has 2 aliphatic heterocycles. The fourth-order valence-corrected chi connectivity index (χ4v) is 1.89. The zero-order valence-electron chi connectivity index (χ0n) is 8.04. The van der Waals surface area contributed by atoms with E-state index in [9.17, 15) is 9.59 Å². The number of imide groups is 1. The van der Waals surface area contributed by atoms with E-state index in [0.29, 0.717) is 13.2 Å². The maximum Gasteiger partial charge on any atom is 0.325 e. The van der Waals surface area contributed by atoms with Gasteiger partial charge in [-0.05, 0) is 6.42 Å². The first kappa shape index (κ1) is 9.42. The Morgan fingerprint density at radius 1 is 1.43 bits per heavy atom. The lowest BCUT2D eigenvalue weighted by molar-refractivity contribution is -0.124. The number of carbonyl (C=O) groups excluding carboxylic acids is 2. The second kappa shape index (κ2) is 3.55. The van der Waals surface area contributed by atoms with Crippen LogP contribution in [0.3, 0.4) is 0 Å². The Morgan fingerprint density at radius 2 is 2.21 bits per heavy atom. The molecule has 2 rings (SSSR count). The zero-order chi connectivity index (χ0) is 10.1. The van der Waals surface area contributed by atoms with Crippen LogP contribution >= 0.6 is 0 Å². The van der Waals surface area contributed by atoms with Gasteiger partial charge < -0.3 is 4.90 Å². The molecular weight excluding hydrogens is 184 g/mol. The number of fused-ring (bicyclic) bond motifs is 1. The molecule has 0 aromatic rings. The summed E-state index contributed by atoms with van der Waals surface area (Å²) in [5.74, 6) is -0.239. The van der Waals surface area contributed by atoms with Crippen molar-refractivity contribution in [1.29, 1.82) is 0 Å². The van der Waals surface area contributed by atoms with Gasteiger partial charge in [0.25, 0.3) is 0 Å². The van der Waals surface area contributed by atoms with Crippen molar-refractivity contribution in [3.05, 3.63) is 0 Å². The van der Waals surface area contributed by atoms with Crippen LogP contribution in [0.25, 0.3) is 0 Å². The summed E-state index contributed by atoms with van der Waals surface area (Å²) in [4.78, 5) is 24.5. The summed E-state index contributed by atoms with van der Waals surface area (Å²) in [5.41, 5.74) is 0. The van der Waals surface area contributed by atoms with Crippen molar-refractivity contribution < 1.29 is 9.59 Å². The van der Waals surface area contributed by atoms with Crippen molar-refractivity contribution in [2.45, 2.75) is 25.6 Å². The molecule has 0 radical (unpaired) electrons. The summed E-state index contributed by atoms with van der Waals surface area (Å²) < 4.78 is 0.